The van der Waals surface area contributed by atoms with Crippen LogP contribution in [0.3, 0.4) is 0 Å². The lowest BCUT2D eigenvalue weighted by Gasteiger charge is -2.12. The van der Waals surface area contributed by atoms with E-state index in [-0.39, 0.29) is 0 Å². The van der Waals surface area contributed by atoms with Crippen LogP contribution in [0.25, 0.3) is 0 Å². The molecule has 2 aromatic rings. The second kappa shape index (κ2) is 14.9. The number of nitrogens with zero attached hydrogens (tertiary/aromatic N) is 3. The van der Waals surface area contributed by atoms with Gasteiger partial charge >= 0.3 is 0 Å². The SMILES string of the molecule is CC(C)CCNc1nc(NCCOCCOCCN)nc(NCc2ccc(Br)cc2)n1. The number of rotatable bonds is 16. The second-order valence-electron chi connectivity index (χ2n) is 7.34. The van der Waals surface area contributed by atoms with Gasteiger partial charge in [0.25, 0.3) is 0 Å². The van der Waals surface area contributed by atoms with E-state index < -0.39 is 0 Å². The molecule has 0 unspecified atom stereocenters. The van der Waals surface area contributed by atoms with Crippen LogP contribution in [-0.2, 0) is 16.0 Å². The molecule has 0 amide bonds. The Morgan fingerprint density at radius 2 is 1.42 bits per heavy atom. The lowest BCUT2D eigenvalue weighted by Crippen LogP contribution is -2.17. The van der Waals surface area contributed by atoms with Crippen molar-refractivity contribution >= 4 is 33.8 Å². The van der Waals surface area contributed by atoms with Gasteiger partial charge in [-0.3, -0.25) is 0 Å². The molecule has 1 heterocycles. The Hall–Kier alpha value is -2.01. The molecular weight excluding hydrogens is 462 g/mol. The number of ether oxygens (including phenoxy) is 2. The minimum Gasteiger partial charge on any atom is -0.378 e. The summed E-state index contributed by atoms with van der Waals surface area (Å²) in [5.74, 6) is 2.17. The van der Waals surface area contributed by atoms with Crippen LogP contribution in [0, 0.1) is 5.92 Å². The van der Waals surface area contributed by atoms with Gasteiger partial charge in [0.1, 0.15) is 0 Å². The minimum atomic E-state index is 0.503. The van der Waals surface area contributed by atoms with Gasteiger partial charge < -0.3 is 31.2 Å². The standard InChI is InChI=1S/C21H34BrN7O2/c1-16(2)7-9-24-19-27-20(25-10-12-31-14-13-30-11-8-23)29-21(28-19)26-15-17-3-5-18(22)6-4-17/h3-6,16H,7-15,23H2,1-2H3,(H3,24,25,26,27,28,29). The van der Waals surface area contributed by atoms with Crippen LogP contribution >= 0.6 is 15.9 Å². The maximum absolute atomic E-state index is 5.53. The molecule has 31 heavy (non-hydrogen) atoms. The van der Waals surface area contributed by atoms with Crippen molar-refractivity contribution in [3.05, 3.63) is 34.3 Å². The summed E-state index contributed by atoms with van der Waals surface area (Å²) in [5.41, 5.74) is 6.52. The van der Waals surface area contributed by atoms with Crippen molar-refractivity contribution in [3.63, 3.8) is 0 Å². The van der Waals surface area contributed by atoms with E-state index in [4.69, 9.17) is 15.2 Å². The highest BCUT2D eigenvalue weighted by Crippen LogP contribution is 2.14. The topological polar surface area (TPSA) is 119 Å². The summed E-state index contributed by atoms with van der Waals surface area (Å²) in [4.78, 5) is 13.4. The molecule has 1 aromatic heterocycles. The Labute approximate surface area is 193 Å². The highest BCUT2D eigenvalue weighted by Gasteiger charge is 2.07. The zero-order valence-electron chi connectivity index (χ0n) is 18.4. The van der Waals surface area contributed by atoms with Crippen LogP contribution < -0.4 is 21.7 Å². The summed E-state index contributed by atoms with van der Waals surface area (Å²) in [6.07, 6.45) is 1.04. The Morgan fingerprint density at radius 1 is 0.839 bits per heavy atom. The molecule has 9 nitrogen and oxygen atoms in total. The molecule has 172 valence electrons. The molecule has 10 heteroatoms. The number of hydrogen-bond donors (Lipinski definition) is 4. The van der Waals surface area contributed by atoms with E-state index in [1.165, 1.54) is 0 Å². The summed E-state index contributed by atoms with van der Waals surface area (Å²) in [6.45, 7) is 9.05. The summed E-state index contributed by atoms with van der Waals surface area (Å²) >= 11 is 3.45. The molecule has 0 aliphatic heterocycles. The fourth-order valence-corrected chi connectivity index (χ4v) is 2.77. The van der Waals surface area contributed by atoms with Gasteiger partial charge in [0.15, 0.2) is 0 Å². The lowest BCUT2D eigenvalue weighted by atomic mass is 10.1. The molecule has 0 aliphatic rings. The Morgan fingerprint density at radius 3 is 2.03 bits per heavy atom. The van der Waals surface area contributed by atoms with E-state index in [2.05, 4.69) is 60.7 Å². The molecule has 0 fully saturated rings. The highest BCUT2D eigenvalue weighted by molar-refractivity contribution is 9.10. The summed E-state index contributed by atoms with van der Waals surface area (Å²) in [5, 5.41) is 9.76. The molecule has 5 N–H and O–H groups in total. The first-order chi connectivity index (χ1) is 15.1. The van der Waals surface area contributed by atoms with E-state index in [1.54, 1.807) is 0 Å². The van der Waals surface area contributed by atoms with E-state index in [1.807, 2.05) is 24.3 Å². The van der Waals surface area contributed by atoms with Crippen molar-refractivity contribution in [3.8, 4) is 0 Å². The summed E-state index contributed by atoms with van der Waals surface area (Å²) in [6, 6.07) is 8.12. The van der Waals surface area contributed by atoms with E-state index in [9.17, 15) is 0 Å². The van der Waals surface area contributed by atoms with Crippen molar-refractivity contribution in [2.45, 2.75) is 26.8 Å². The molecule has 0 saturated heterocycles. The third-order valence-corrected chi connectivity index (χ3v) is 4.70. The molecule has 0 saturated carbocycles. The minimum absolute atomic E-state index is 0.503. The number of hydrogen-bond acceptors (Lipinski definition) is 9. The van der Waals surface area contributed by atoms with Gasteiger partial charge in [-0.2, -0.15) is 15.0 Å². The van der Waals surface area contributed by atoms with Crippen molar-refractivity contribution in [2.75, 3.05) is 62.0 Å². The van der Waals surface area contributed by atoms with E-state index in [0.29, 0.717) is 69.8 Å². The van der Waals surface area contributed by atoms with Crippen LogP contribution in [0.2, 0.25) is 0 Å². The van der Waals surface area contributed by atoms with Gasteiger partial charge in [-0.05, 0) is 30.0 Å². The van der Waals surface area contributed by atoms with Gasteiger partial charge in [-0.1, -0.05) is 41.9 Å². The zero-order chi connectivity index (χ0) is 22.3. The van der Waals surface area contributed by atoms with E-state index >= 15 is 0 Å². The molecular formula is C21H34BrN7O2. The average Bonchev–Trinajstić information content (AvgIpc) is 2.75. The Kier molecular flexibility index (Phi) is 12.1. The third kappa shape index (κ3) is 11.3. The van der Waals surface area contributed by atoms with Gasteiger partial charge in [0, 0.05) is 30.7 Å². The normalized spacial score (nSPS) is 11.0. The Bertz CT molecular complexity index is 747. The predicted octanol–water partition coefficient (Wildman–Crippen LogP) is 3.11. The van der Waals surface area contributed by atoms with E-state index in [0.717, 1.165) is 23.0 Å². The monoisotopic (exact) mass is 495 g/mol. The number of nitrogens with one attached hydrogen (secondary N) is 3. The van der Waals surface area contributed by atoms with Crippen molar-refractivity contribution < 1.29 is 9.47 Å². The number of anilines is 3. The molecule has 0 radical (unpaired) electrons. The fourth-order valence-electron chi connectivity index (χ4n) is 2.51. The third-order valence-electron chi connectivity index (χ3n) is 4.17. The number of aromatic nitrogens is 3. The maximum Gasteiger partial charge on any atom is 0.229 e. The maximum atomic E-state index is 5.53. The predicted molar refractivity (Wildman–Crippen MR) is 128 cm³/mol. The van der Waals surface area contributed by atoms with Gasteiger partial charge in [-0.15, -0.1) is 0 Å². The van der Waals surface area contributed by atoms with Crippen molar-refractivity contribution in [1.82, 2.24) is 15.0 Å². The molecule has 1 aromatic carbocycles. The van der Waals surface area contributed by atoms with Crippen LogP contribution in [0.5, 0.6) is 0 Å². The molecule has 0 spiro atoms. The quantitative estimate of drug-likeness (QED) is 0.260. The smallest absolute Gasteiger partial charge is 0.229 e. The largest absolute Gasteiger partial charge is 0.378 e. The second-order valence-corrected chi connectivity index (χ2v) is 8.25. The van der Waals surface area contributed by atoms with Crippen LogP contribution in [0.1, 0.15) is 25.8 Å². The summed E-state index contributed by atoms with van der Waals surface area (Å²) < 4.78 is 11.9. The number of benzene rings is 1. The Balaban J connectivity index is 1.88. The number of halogens is 1. The molecule has 0 bridgehead atoms. The first-order valence-corrected chi connectivity index (χ1v) is 11.4. The summed E-state index contributed by atoms with van der Waals surface area (Å²) in [7, 11) is 0. The average molecular weight is 496 g/mol. The first-order valence-electron chi connectivity index (χ1n) is 10.6. The molecule has 0 aliphatic carbocycles. The lowest BCUT2D eigenvalue weighted by molar-refractivity contribution is 0.0547. The van der Waals surface area contributed by atoms with Gasteiger partial charge in [0.2, 0.25) is 17.8 Å². The van der Waals surface area contributed by atoms with Crippen molar-refractivity contribution in [2.24, 2.45) is 11.7 Å². The van der Waals surface area contributed by atoms with Crippen LogP contribution in [0.4, 0.5) is 17.8 Å². The highest BCUT2D eigenvalue weighted by atomic mass is 79.9. The van der Waals surface area contributed by atoms with Crippen LogP contribution in [-0.4, -0.2) is 61.0 Å². The van der Waals surface area contributed by atoms with Crippen LogP contribution in [0.15, 0.2) is 28.7 Å². The first kappa shape index (κ1) is 25.3. The van der Waals surface area contributed by atoms with Gasteiger partial charge in [0.05, 0.1) is 26.4 Å². The number of nitrogens with two attached hydrogens (primary N) is 1. The fraction of sp³-hybridized carbons (Fsp3) is 0.571. The molecule has 0 atom stereocenters. The zero-order valence-corrected chi connectivity index (χ0v) is 20.0. The molecule has 2 rings (SSSR count). The van der Waals surface area contributed by atoms with Gasteiger partial charge in [-0.25, -0.2) is 0 Å². The van der Waals surface area contributed by atoms with Crippen molar-refractivity contribution in [1.29, 1.82) is 0 Å².